The molecular weight excluding hydrogens is 380 g/mol. The minimum atomic E-state index is 0.228. The molecule has 0 amide bonds. The van der Waals surface area contributed by atoms with E-state index in [1.165, 1.54) is 0 Å². The van der Waals surface area contributed by atoms with Crippen LogP contribution in [0.2, 0.25) is 0 Å². The van der Waals surface area contributed by atoms with E-state index in [0.717, 1.165) is 40.5 Å². The van der Waals surface area contributed by atoms with Crippen molar-refractivity contribution in [3.63, 3.8) is 0 Å². The number of rotatable bonds is 5. The van der Waals surface area contributed by atoms with Crippen LogP contribution in [0.25, 0.3) is 27.7 Å². The lowest BCUT2D eigenvalue weighted by molar-refractivity contribution is 0.0679. The highest BCUT2D eigenvalue weighted by Crippen LogP contribution is 2.38. The van der Waals surface area contributed by atoms with E-state index in [4.69, 9.17) is 4.74 Å². The Kier molecular flexibility index (Phi) is 4.18. The van der Waals surface area contributed by atoms with Gasteiger partial charge in [-0.05, 0) is 57.6 Å². The van der Waals surface area contributed by atoms with E-state index < -0.39 is 0 Å². The average Bonchev–Trinajstić information content (AvgIpc) is 3.29. The first kappa shape index (κ1) is 18.8. The minimum Gasteiger partial charge on any atom is -0.479 e. The van der Waals surface area contributed by atoms with Crippen molar-refractivity contribution in [2.24, 2.45) is 7.05 Å². The summed E-state index contributed by atoms with van der Waals surface area (Å²) in [6, 6.07) is 8.48. The molecule has 9 heteroatoms. The molecule has 1 N–H and O–H groups in total. The fraction of sp³-hybridized carbons (Fsp3) is 0.429. The number of benzene rings is 1. The van der Waals surface area contributed by atoms with E-state index >= 15 is 0 Å². The lowest BCUT2D eigenvalue weighted by atomic mass is 9.73. The smallest absolute Gasteiger partial charge is 0.244 e. The summed E-state index contributed by atoms with van der Waals surface area (Å²) >= 11 is 0. The molecule has 0 aliphatic heterocycles. The summed E-state index contributed by atoms with van der Waals surface area (Å²) in [5, 5.41) is 16.4. The SMILES string of the molecule is COc1nc(NC2CC(C)(N(C)C)C2)nn2ccc(-c3ccc4nnn(C)c4c3)c12. The van der Waals surface area contributed by atoms with Crippen LogP contribution < -0.4 is 10.1 Å². The van der Waals surface area contributed by atoms with Crippen LogP contribution in [0.15, 0.2) is 30.5 Å². The largest absolute Gasteiger partial charge is 0.479 e. The van der Waals surface area contributed by atoms with E-state index in [1.807, 2.05) is 36.0 Å². The van der Waals surface area contributed by atoms with Gasteiger partial charge in [-0.3, -0.25) is 0 Å². The molecule has 0 saturated heterocycles. The number of aromatic nitrogens is 6. The second-order valence-electron chi connectivity index (χ2n) is 8.52. The van der Waals surface area contributed by atoms with Gasteiger partial charge in [-0.1, -0.05) is 11.3 Å². The van der Waals surface area contributed by atoms with Crippen LogP contribution >= 0.6 is 0 Å². The van der Waals surface area contributed by atoms with Gasteiger partial charge in [0.05, 0.1) is 12.6 Å². The fourth-order valence-electron chi connectivity index (χ4n) is 4.28. The number of nitrogens with one attached hydrogen (secondary N) is 1. The van der Waals surface area contributed by atoms with Crippen molar-refractivity contribution in [2.45, 2.75) is 31.3 Å². The molecule has 30 heavy (non-hydrogen) atoms. The molecular formula is C21H26N8O. The van der Waals surface area contributed by atoms with Crippen molar-refractivity contribution in [2.75, 3.05) is 26.5 Å². The zero-order chi connectivity index (χ0) is 21.0. The molecule has 0 bridgehead atoms. The molecule has 4 aromatic rings. The van der Waals surface area contributed by atoms with Crippen molar-refractivity contribution in [3.8, 4) is 17.0 Å². The molecule has 0 radical (unpaired) electrons. The van der Waals surface area contributed by atoms with Gasteiger partial charge in [0.1, 0.15) is 11.0 Å². The van der Waals surface area contributed by atoms with Crippen LogP contribution in [-0.2, 0) is 7.05 Å². The highest BCUT2D eigenvalue weighted by molar-refractivity contribution is 5.89. The third-order valence-electron chi connectivity index (χ3n) is 6.38. The Bertz CT molecular complexity index is 1230. The normalized spacial score (nSPS) is 21.3. The maximum absolute atomic E-state index is 5.65. The first-order valence-corrected chi connectivity index (χ1v) is 10.0. The number of hydrogen-bond acceptors (Lipinski definition) is 7. The van der Waals surface area contributed by atoms with Gasteiger partial charge < -0.3 is 15.0 Å². The highest BCUT2D eigenvalue weighted by atomic mass is 16.5. The summed E-state index contributed by atoms with van der Waals surface area (Å²) in [6.45, 7) is 2.28. The first-order valence-electron chi connectivity index (χ1n) is 10.0. The van der Waals surface area contributed by atoms with Gasteiger partial charge in [0.15, 0.2) is 0 Å². The van der Waals surface area contributed by atoms with Crippen LogP contribution in [0, 0.1) is 0 Å². The Labute approximate surface area is 174 Å². The Morgan fingerprint density at radius 1 is 1.23 bits per heavy atom. The quantitative estimate of drug-likeness (QED) is 0.545. The molecule has 0 spiro atoms. The first-order chi connectivity index (χ1) is 14.4. The molecule has 1 fully saturated rings. The van der Waals surface area contributed by atoms with Gasteiger partial charge in [0, 0.05) is 30.4 Å². The fourth-order valence-corrected chi connectivity index (χ4v) is 4.28. The van der Waals surface area contributed by atoms with Gasteiger partial charge in [-0.25, -0.2) is 9.20 Å². The van der Waals surface area contributed by atoms with E-state index in [1.54, 1.807) is 11.8 Å². The number of nitrogens with zero attached hydrogens (tertiary/aromatic N) is 7. The second-order valence-corrected chi connectivity index (χ2v) is 8.52. The molecule has 3 aromatic heterocycles. The predicted octanol–water partition coefficient (Wildman–Crippen LogP) is 2.58. The zero-order valence-electron chi connectivity index (χ0n) is 17.9. The van der Waals surface area contributed by atoms with E-state index in [-0.39, 0.29) is 5.54 Å². The Balaban J connectivity index is 1.49. The summed E-state index contributed by atoms with van der Waals surface area (Å²) in [7, 11) is 7.79. The van der Waals surface area contributed by atoms with Gasteiger partial charge in [-0.2, -0.15) is 4.98 Å². The Morgan fingerprint density at radius 2 is 2.03 bits per heavy atom. The summed E-state index contributed by atoms with van der Waals surface area (Å²) < 4.78 is 9.25. The minimum absolute atomic E-state index is 0.228. The molecule has 0 atom stereocenters. The maximum atomic E-state index is 5.65. The molecule has 1 aliphatic rings. The molecule has 1 saturated carbocycles. The van der Waals surface area contributed by atoms with Crippen LogP contribution in [0.1, 0.15) is 19.8 Å². The topological polar surface area (TPSA) is 85.4 Å². The molecule has 1 aliphatic carbocycles. The van der Waals surface area contributed by atoms with Gasteiger partial charge in [0.25, 0.3) is 0 Å². The molecule has 156 valence electrons. The summed E-state index contributed by atoms with van der Waals surface area (Å²) in [6.07, 6.45) is 4.05. The number of methoxy groups -OCH3 is 1. The molecule has 0 unspecified atom stereocenters. The van der Waals surface area contributed by atoms with Crippen molar-refractivity contribution in [3.05, 3.63) is 30.5 Å². The predicted molar refractivity (Wildman–Crippen MR) is 116 cm³/mol. The van der Waals surface area contributed by atoms with Crippen molar-refractivity contribution in [1.29, 1.82) is 0 Å². The average molecular weight is 406 g/mol. The monoisotopic (exact) mass is 406 g/mol. The number of ether oxygens (including phenoxy) is 1. The van der Waals surface area contributed by atoms with Crippen molar-refractivity contribution < 1.29 is 4.74 Å². The molecule has 5 rings (SSSR count). The van der Waals surface area contributed by atoms with Crippen LogP contribution in [0.3, 0.4) is 0 Å². The third-order valence-corrected chi connectivity index (χ3v) is 6.38. The van der Waals surface area contributed by atoms with Gasteiger partial charge in [-0.15, -0.1) is 10.2 Å². The zero-order valence-corrected chi connectivity index (χ0v) is 17.9. The van der Waals surface area contributed by atoms with Gasteiger partial charge in [0.2, 0.25) is 11.8 Å². The van der Waals surface area contributed by atoms with E-state index in [2.05, 4.69) is 57.7 Å². The molecule has 9 nitrogen and oxygen atoms in total. The Hall–Kier alpha value is -3.20. The summed E-state index contributed by atoms with van der Waals surface area (Å²) in [5.74, 6) is 1.13. The number of hydrogen-bond donors (Lipinski definition) is 1. The standard InChI is InChI=1S/C21H26N8O/c1-21(27(2)3)11-14(12-21)22-20-23-19(30-5)18-15(8-9-29(18)25-20)13-6-7-16-17(10-13)28(4)26-24-16/h6-10,14H,11-12H2,1-5H3,(H,22,25). The van der Waals surface area contributed by atoms with Crippen LogP contribution in [-0.4, -0.2) is 67.3 Å². The van der Waals surface area contributed by atoms with Crippen molar-refractivity contribution >= 4 is 22.5 Å². The number of fused-ring (bicyclic) bond motifs is 2. The van der Waals surface area contributed by atoms with E-state index in [0.29, 0.717) is 17.9 Å². The summed E-state index contributed by atoms with van der Waals surface area (Å²) in [4.78, 5) is 6.93. The number of aryl methyl sites for hydroxylation is 1. The molecule has 3 heterocycles. The lowest BCUT2D eigenvalue weighted by Crippen LogP contribution is -2.57. The highest BCUT2D eigenvalue weighted by Gasteiger charge is 2.42. The van der Waals surface area contributed by atoms with E-state index in [9.17, 15) is 0 Å². The maximum Gasteiger partial charge on any atom is 0.244 e. The number of anilines is 1. The van der Waals surface area contributed by atoms with Gasteiger partial charge >= 0.3 is 0 Å². The van der Waals surface area contributed by atoms with Crippen molar-refractivity contribution in [1.82, 2.24) is 34.5 Å². The second kappa shape index (κ2) is 6.66. The summed E-state index contributed by atoms with van der Waals surface area (Å²) in [5.41, 5.74) is 4.95. The molecule has 1 aromatic carbocycles. The lowest BCUT2D eigenvalue weighted by Gasteiger charge is -2.49. The Morgan fingerprint density at radius 3 is 2.77 bits per heavy atom. The third kappa shape index (κ3) is 2.88. The van der Waals surface area contributed by atoms with Crippen LogP contribution in [0.4, 0.5) is 5.95 Å². The van der Waals surface area contributed by atoms with Crippen LogP contribution in [0.5, 0.6) is 5.88 Å².